The van der Waals surface area contributed by atoms with Crippen LogP contribution in [0.3, 0.4) is 0 Å². The van der Waals surface area contributed by atoms with Gasteiger partial charge in [0, 0.05) is 11.6 Å². The minimum Gasteiger partial charge on any atom is -0.411 e. The molecule has 0 bridgehead atoms. The summed E-state index contributed by atoms with van der Waals surface area (Å²) in [5.41, 5.74) is 2.02. The lowest BCUT2D eigenvalue weighted by atomic mass is 10.1. The molecule has 118 valence electrons. The fourth-order valence-corrected chi connectivity index (χ4v) is 2.33. The predicted molar refractivity (Wildman–Crippen MR) is 87.6 cm³/mol. The average molecular weight is 319 g/mol. The quantitative estimate of drug-likeness (QED) is 0.827. The molecule has 0 saturated carbocycles. The Balaban J connectivity index is 1.91. The molecule has 2 aromatic rings. The highest BCUT2D eigenvalue weighted by molar-refractivity contribution is 7.99. The molecule has 0 fully saturated rings. The first-order chi connectivity index (χ1) is 10.5. The molecule has 1 amide bonds. The molecule has 6 heteroatoms. The second-order valence-corrected chi connectivity index (χ2v) is 6.56. The van der Waals surface area contributed by atoms with Gasteiger partial charge in [-0.15, -0.1) is 10.2 Å². The largest absolute Gasteiger partial charge is 0.411 e. The van der Waals surface area contributed by atoms with Crippen molar-refractivity contribution in [3.8, 4) is 11.5 Å². The Labute approximate surface area is 134 Å². The van der Waals surface area contributed by atoms with Crippen LogP contribution in [0.1, 0.15) is 26.3 Å². The highest BCUT2D eigenvalue weighted by Gasteiger charge is 2.14. The molecule has 1 aromatic heterocycles. The summed E-state index contributed by atoms with van der Waals surface area (Å²) in [5.74, 6) is 1.13. The van der Waals surface area contributed by atoms with Crippen LogP contribution in [-0.4, -0.2) is 27.9 Å². The monoisotopic (exact) mass is 319 g/mol. The Morgan fingerprint density at radius 3 is 2.77 bits per heavy atom. The standard InChI is InChI=1S/C16H21N3O2S/c1-10(2)12(4)17-14(20)9-22-16-19-18-15(21-16)13-7-5-6-11(3)8-13/h5-8,10,12H,9H2,1-4H3,(H,17,20)/t12-/m1/s1. The highest BCUT2D eigenvalue weighted by Crippen LogP contribution is 2.23. The van der Waals surface area contributed by atoms with Crippen molar-refractivity contribution in [2.45, 2.75) is 39.0 Å². The number of amides is 1. The van der Waals surface area contributed by atoms with E-state index in [1.54, 1.807) is 0 Å². The van der Waals surface area contributed by atoms with Crippen LogP contribution in [0.5, 0.6) is 0 Å². The summed E-state index contributed by atoms with van der Waals surface area (Å²) in [7, 11) is 0. The van der Waals surface area contributed by atoms with Crippen molar-refractivity contribution in [2.75, 3.05) is 5.75 Å². The Kier molecular flexibility index (Phi) is 5.60. The number of nitrogens with zero attached hydrogens (tertiary/aromatic N) is 2. The molecule has 0 saturated heterocycles. The van der Waals surface area contributed by atoms with E-state index in [4.69, 9.17) is 4.42 Å². The molecule has 1 aromatic carbocycles. The van der Waals surface area contributed by atoms with E-state index in [1.807, 2.05) is 38.1 Å². The number of thioether (sulfide) groups is 1. The minimum atomic E-state index is -0.0264. The Bertz CT molecular complexity index is 640. The van der Waals surface area contributed by atoms with Crippen LogP contribution >= 0.6 is 11.8 Å². The molecule has 1 N–H and O–H groups in total. The van der Waals surface area contributed by atoms with Gasteiger partial charge in [-0.2, -0.15) is 0 Å². The molecule has 0 aliphatic carbocycles. The van der Waals surface area contributed by atoms with Crippen LogP contribution in [-0.2, 0) is 4.79 Å². The highest BCUT2D eigenvalue weighted by atomic mass is 32.2. The van der Waals surface area contributed by atoms with Gasteiger partial charge in [-0.1, -0.05) is 43.3 Å². The minimum absolute atomic E-state index is 0.0264. The molecular weight excluding hydrogens is 298 g/mol. The summed E-state index contributed by atoms with van der Waals surface area (Å²) in [6.07, 6.45) is 0. The first kappa shape index (κ1) is 16.5. The van der Waals surface area contributed by atoms with Gasteiger partial charge in [0.1, 0.15) is 0 Å². The fourth-order valence-electron chi connectivity index (χ4n) is 1.75. The molecule has 0 unspecified atom stereocenters. The number of carbonyl (C=O) groups excluding carboxylic acids is 1. The number of rotatable bonds is 6. The zero-order valence-electron chi connectivity index (χ0n) is 13.3. The van der Waals surface area contributed by atoms with E-state index in [0.29, 0.717) is 17.0 Å². The number of aryl methyl sites for hydroxylation is 1. The van der Waals surface area contributed by atoms with Crippen molar-refractivity contribution in [2.24, 2.45) is 5.92 Å². The van der Waals surface area contributed by atoms with Gasteiger partial charge in [0.2, 0.25) is 11.8 Å². The third-order valence-corrected chi connectivity index (χ3v) is 4.21. The number of hydrogen-bond acceptors (Lipinski definition) is 5. The van der Waals surface area contributed by atoms with Gasteiger partial charge in [0.15, 0.2) is 0 Å². The van der Waals surface area contributed by atoms with E-state index < -0.39 is 0 Å². The second kappa shape index (κ2) is 7.45. The maximum atomic E-state index is 11.8. The Morgan fingerprint density at radius 1 is 1.32 bits per heavy atom. The topological polar surface area (TPSA) is 68.0 Å². The van der Waals surface area contributed by atoms with E-state index in [1.165, 1.54) is 11.8 Å². The van der Waals surface area contributed by atoms with Crippen molar-refractivity contribution in [3.63, 3.8) is 0 Å². The lowest BCUT2D eigenvalue weighted by Gasteiger charge is -2.16. The Hall–Kier alpha value is -1.82. The maximum absolute atomic E-state index is 11.8. The fraction of sp³-hybridized carbons (Fsp3) is 0.438. The van der Waals surface area contributed by atoms with Gasteiger partial charge in [-0.05, 0) is 31.9 Å². The zero-order chi connectivity index (χ0) is 16.1. The number of hydrogen-bond donors (Lipinski definition) is 1. The summed E-state index contributed by atoms with van der Waals surface area (Å²) in [5, 5.41) is 11.4. The summed E-state index contributed by atoms with van der Waals surface area (Å²) in [6.45, 7) is 8.15. The molecule has 2 rings (SSSR count). The number of benzene rings is 1. The van der Waals surface area contributed by atoms with E-state index in [-0.39, 0.29) is 17.7 Å². The van der Waals surface area contributed by atoms with Crippen LogP contribution < -0.4 is 5.32 Å². The van der Waals surface area contributed by atoms with Crippen molar-refractivity contribution in [3.05, 3.63) is 29.8 Å². The van der Waals surface area contributed by atoms with Crippen molar-refractivity contribution in [1.82, 2.24) is 15.5 Å². The molecule has 0 aliphatic rings. The summed E-state index contributed by atoms with van der Waals surface area (Å²) in [6, 6.07) is 8.02. The number of nitrogens with one attached hydrogen (secondary N) is 1. The van der Waals surface area contributed by atoms with E-state index >= 15 is 0 Å². The van der Waals surface area contributed by atoms with E-state index in [9.17, 15) is 4.79 Å². The van der Waals surface area contributed by atoms with Gasteiger partial charge in [-0.25, -0.2) is 0 Å². The van der Waals surface area contributed by atoms with Crippen LogP contribution in [0.15, 0.2) is 33.9 Å². The third-order valence-electron chi connectivity index (χ3n) is 3.39. The van der Waals surface area contributed by atoms with E-state index in [2.05, 4.69) is 29.4 Å². The van der Waals surface area contributed by atoms with Crippen LogP contribution in [0.2, 0.25) is 0 Å². The number of carbonyl (C=O) groups is 1. The number of aromatic nitrogens is 2. The summed E-state index contributed by atoms with van der Waals surface area (Å²) in [4.78, 5) is 11.8. The lowest BCUT2D eigenvalue weighted by molar-refractivity contribution is -0.119. The summed E-state index contributed by atoms with van der Waals surface area (Å²) < 4.78 is 5.59. The molecular formula is C16H21N3O2S. The molecule has 0 spiro atoms. The van der Waals surface area contributed by atoms with Crippen molar-refractivity contribution >= 4 is 17.7 Å². The predicted octanol–water partition coefficient (Wildman–Crippen LogP) is 3.30. The first-order valence-electron chi connectivity index (χ1n) is 7.28. The second-order valence-electron chi connectivity index (χ2n) is 5.63. The maximum Gasteiger partial charge on any atom is 0.277 e. The first-order valence-corrected chi connectivity index (χ1v) is 8.27. The molecule has 5 nitrogen and oxygen atoms in total. The average Bonchev–Trinajstić information content (AvgIpc) is 2.94. The van der Waals surface area contributed by atoms with Crippen molar-refractivity contribution < 1.29 is 9.21 Å². The van der Waals surface area contributed by atoms with Gasteiger partial charge in [-0.3, -0.25) is 4.79 Å². The van der Waals surface area contributed by atoms with Crippen molar-refractivity contribution in [1.29, 1.82) is 0 Å². The Morgan fingerprint density at radius 2 is 2.09 bits per heavy atom. The smallest absolute Gasteiger partial charge is 0.277 e. The van der Waals surface area contributed by atoms with E-state index in [0.717, 1.165) is 11.1 Å². The summed E-state index contributed by atoms with van der Waals surface area (Å²) >= 11 is 1.25. The van der Waals surface area contributed by atoms with Gasteiger partial charge >= 0.3 is 0 Å². The lowest BCUT2D eigenvalue weighted by Crippen LogP contribution is -2.37. The SMILES string of the molecule is Cc1cccc(-c2nnc(SCC(=O)N[C@H](C)C(C)C)o2)c1. The molecule has 1 atom stereocenters. The molecule has 0 radical (unpaired) electrons. The third kappa shape index (κ3) is 4.59. The molecule has 22 heavy (non-hydrogen) atoms. The zero-order valence-corrected chi connectivity index (χ0v) is 14.1. The van der Waals surface area contributed by atoms with Gasteiger partial charge in [0.05, 0.1) is 5.75 Å². The van der Waals surface area contributed by atoms with Gasteiger partial charge in [0.25, 0.3) is 5.22 Å². The van der Waals surface area contributed by atoms with Crippen LogP contribution in [0.25, 0.3) is 11.5 Å². The normalized spacial score (nSPS) is 12.4. The molecule has 0 aliphatic heterocycles. The van der Waals surface area contributed by atoms with Gasteiger partial charge < -0.3 is 9.73 Å². The van der Waals surface area contributed by atoms with Crippen LogP contribution in [0.4, 0.5) is 0 Å². The molecule has 1 heterocycles. The van der Waals surface area contributed by atoms with Crippen LogP contribution in [0, 0.1) is 12.8 Å².